The van der Waals surface area contributed by atoms with Crippen LogP contribution in [0, 0.1) is 0 Å². The predicted octanol–water partition coefficient (Wildman–Crippen LogP) is 3.45. The van der Waals surface area contributed by atoms with Gasteiger partial charge in [-0.05, 0) is 42.5 Å². The van der Waals surface area contributed by atoms with E-state index in [4.69, 9.17) is 8.83 Å². The van der Waals surface area contributed by atoms with Crippen LogP contribution in [0.15, 0.2) is 76.0 Å². The Bertz CT molecular complexity index is 865. The third-order valence-electron chi connectivity index (χ3n) is 3.37. The van der Waals surface area contributed by atoms with E-state index in [0.717, 1.165) is 0 Å². The van der Waals surface area contributed by atoms with Crippen molar-refractivity contribution in [2.45, 2.75) is 6.54 Å². The van der Waals surface area contributed by atoms with Crippen molar-refractivity contribution in [1.29, 1.82) is 0 Å². The first-order valence-electron chi connectivity index (χ1n) is 7.64. The fourth-order valence-corrected chi connectivity index (χ4v) is 2.18. The van der Waals surface area contributed by atoms with Crippen molar-refractivity contribution in [3.8, 4) is 0 Å². The van der Waals surface area contributed by atoms with Gasteiger partial charge in [0.15, 0.2) is 0 Å². The van der Waals surface area contributed by atoms with Gasteiger partial charge in [-0.15, -0.1) is 0 Å². The number of furan rings is 2. The molecule has 0 saturated carbocycles. The molecule has 3 aromatic rings. The highest BCUT2D eigenvalue weighted by atomic mass is 16.3. The summed E-state index contributed by atoms with van der Waals surface area (Å²) in [5, 5.41) is 5.45. The Balaban J connectivity index is 1.65. The first-order chi connectivity index (χ1) is 12.2. The molecule has 0 fully saturated rings. The fraction of sp³-hybridized carbons (Fsp3) is 0.0526. The topological polar surface area (TPSA) is 84.5 Å². The van der Waals surface area contributed by atoms with Crippen LogP contribution in [0.5, 0.6) is 0 Å². The number of rotatable bonds is 6. The summed E-state index contributed by atoms with van der Waals surface area (Å²) < 4.78 is 10.3. The molecule has 0 aliphatic heterocycles. The van der Waals surface area contributed by atoms with Gasteiger partial charge in [0.1, 0.15) is 11.5 Å². The molecule has 0 unspecified atom stereocenters. The molecule has 25 heavy (non-hydrogen) atoms. The van der Waals surface area contributed by atoms with E-state index in [9.17, 15) is 9.59 Å². The maximum atomic E-state index is 12.3. The summed E-state index contributed by atoms with van der Waals surface area (Å²) in [7, 11) is 0. The zero-order chi connectivity index (χ0) is 17.5. The van der Waals surface area contributed by atoms with Gasteiger partial charge in [0.2, 0.25) is 5.91 Å². The Morgan fingerprint density at radius 2 is 1.76 bits per heavy atom. The van der Waals surface area contributed by atoms with Crippen LogP contribution in [-0.2, 0) is 11.3 Å². The summed E-state index contributed by atoms with van der Waals surface area (Å²) in [6.07, 6.45) is 5.96. The lowest BCUT2D eigenvalue weighted by Crippen LogP contribution is -2.24. The molecule has 2 aromatic heterocycles. The van der Waals surface area contributed by atoms with Gasteiger partial charge < -0.3 is 19.5 Å². The predicted molar refractivity (Wildman–Crippen MR) is 92.7 cm³/mol. The molecule has 0 aliphatic carbocycles. The van der Waals surface area contributed by atoms with Gasteiger partial charge in [-0.25, -0.2) is 0 Å². The second-order valence-electron chi connectivity index (χ2n) is 5.15. The van der Waals surface area contributed by atoms with Gasteiger partial charge in [0.25, 0.3) is 5.91 Å². The van der Waals surface area contributed by atoms with E-state index in [-0.39, 0.29) is 18.4 Å². The van der Waals surface area contributed by atoms with Crippen LogP contribution in [-0.4, -0.2) is 11.8 Å². The summed E-state index contributed by atoms with van der Waals surface area (Å²) in [6.45, 7) is 0.270. The zero-order valence-corrected chi connectivity index (χ0v) is 13.3. The van der Waals surface area contributed by atoms with Gasteiger partial charge in [-0.3, -0.25) is 9.59 Å². The van der Waals surface area contributed by atoms with Crippen molar-refractivity contribution in [2.75, 3.05) is 5.32 Å². The van der Waals surface area contributed by atoms with Crippen molar-refractivity contribution < 1.29 is 18.4 Å². The van der Waals surface area contributed by atoms with Gasteiger partial charge >= 0.3 is 0 Å². The van der Waals surface area contributed by atoms with Crippen LogP contribution in [0.3, 0.4) is 0 Å². The van der Waals surface area contributed by atoms with Crippen LogP contribution < -0.4 is 10.6 Å². The molecular formula is C19H16N2O4. The van der Waals surface area contributed by atoms with E-state index < -0.39 is 0 Å². The van der Waals surface area contributed by atoms with E-state index >= 15 is 0 Å². The van der Waals surface area contributed by atoms with E-state index in [1.54, 1.807) is 60.9 Å². The summed E-state index contributed by atoms with van der Waals surface area (Å²) in [4.78, 5) is 24.4. The number of hydrogen-bond acceptors (Lipinski definition) is 4. The molecule has 0 aliphatic rings. The number of amides is 2. The number of nitrogens with one attached hydrogen (secondary N) is 2. The lowest BCUT2D eigenvalue weighted by Gasteiger charge is -2.09. The number of benzene rings is 1. The average Bonchev–Trinajstić information content (AvgIpc) is 3.32. The van der Waals surface area contributed by atoms with Crippen LogP contribution in [0.2, 0.25) is 0 Å². The van der Waals surface area contributed by atoms with E-state index in [0.29, 0.717) is 22.8 Å². The zero-order valence-electron chi connectivity index (χ0n) is 13.3. The molecule has 0 saturated heterocycles. The first kappa shape index (κ1) is 16.3. The van der Waals surface area contributed by atoms with E-state index in [2.05, 4.69) is 10.6 Å². The van der Waals surface area contributed by atoms with Gasteiger partial charge in [-0.1, -0.05) is 12.1 Å². The molecule has 126 valence electrons. The van der Waals surface area contributed by atoms with Crippen molar-refractivity contribution in [3.63, 3.8) is 0 Å². The second-order valence-corrected chi connectivity index (χ2v) is 5.15. The third-order valence-corrected chi connectivity index (χ3v) is 3.37. The summed E-state index contributed by atoms with van der Waals surface area (Å²) in [5.41, 5.74) is 0.794. The molecule has 6 nitrogen and oxygen atoms in total. The summed E-state index contributed by atoms with van der Waals surface area (Å²) in [6, 6.07) is 13.8. The van der Waals surface area contributed by atoms with E-state index in [1.165, 1.54) is 12.3 Å². The third kappa shape index (κ3) is 4.48. The number of anilines is 1. The molecule has 0 bridgehead atoms. The minimum Gasteiger partial charge on any atom is -0.467 e. The highest BCUT2D eigenvalue weighted by Crippen LogP contribution is 2.15. The number of para-hydroxylation sites is 1. The normalized spacial score (nSPS) is 10.7. The van der Waals surface area contributed by atoms with Crippen LogP contribution in [0.1, 0.15) is 21.9 Å². The number of carbonyl (C=O) groups excluding carboxylic acids is 2. The van der Waals surface area contributed by atoms with Gasteiger partial charge in [0.05, 0.1) is 30.3 Å². The van der Waals surface area contributed by atoms with E-state index in [1.807, 2.05) is 0 Å². The Morgan fingerprint density at radius 3 is 2.52 bits per heavy atom. The average molecular weight is 336 g/mol. The molecule has 6 heteroatoms. The van der Waals surface area contributed by atoms with Gasteiger partial charge in [0, 0.05) is 6.08 Å². The Labute approximate surface area is 144 Å². The standard InChI is InChI=1S/C19H16N2O4/c22-18(10-9-14-5-3-11-24-14)21-17-8-2-1-7-16(17)19(23)20-13-15-6-4-12-25-15/h1-12H,13H2,(H,20,23)(H,21,22)/b10-9+. The van der Waals surface area contributed by atoms with Crippen molar-refractivity contribution in [1.82, 2.24) is 5.32 Å². The SMILES string of the molecule is O=C(/C=C/c1ccco1)Nc1ccccc1C(=O)NCc1ccco1. The summed E-state index contributed by atoms with van der Waals surface area (Å²) >= 11 is 0. The monoisotopic (exact) mass is 336 g/mol. The molecular weight excluding hydrogens is 320 g/mol. The summed E-state index contributed by atoms with van der Waals surface area (Å²) in [5.74, 6) is 0.556. The lowest BCUT2D eigenvalue weighted by atomic mass is 10.1. The van der Waals surface area contributed by atoms with Crippen molar-refractivity contribution in [2.24, 2.45) is 0 Å². The molecule has 0 atom stereocenters. The fourth-order valence-electron chi connectivity index (χ4n) is 2.18. The molecule has 2 heterocycles. The van der Waals surface area contributed by atoms with Gasteiger partial charge in [-0.2, -0.15) is 0 Å². The maximum absolute atomic E-state index is 12.3. The molecule has 2 amide bonds. The second kappa shape index (κ2) is 7.83. The lowest BCUT2D eigenvalue weighted by molar-refractivity contribution is -0.111. The maximum Gasteiger partial charge on any atom is 0.253 e. The minimum absolute atomic E-state index is 0.270. The Hall–Kier alpha value is -3.54. The minimum atomic E-state index is -0.359. The molecule has 3 rings (SSSR count). The molecule has 1 aromatic carbocycles. The molecule has 0 radical (unpaired) electrons. The smallest absolute Gasteiger partial charge is 0.253 e. The highest BCUT2D eigenvalue weighted by Gasteiger charge is 2.12. The van der Waals surface area contributed by atoms with Crippen LogP contribution in [0.4, 0.5) is 5.69 Å². The van der Waals surface area contributed by atoms with Crippen LogP contribution >= 0.6 is 0 Å². The number of hydrogen-bond donors (Lipinski definition) is 2. The number of carbonyl (C=O) groups is 2. The Morgan fingerprint density at radius 1 is 0.960 bits per heavy atom. The first-order valence-corrected chi connectivity index (χ1v) is 7.64. The van der Waals surface area contributed by atoms with Crippen molar-refractivity contribution in [3.05, 3.63) is 84.2 Å². The molecule has 2 N–H and O–H groups in total. The highest BCUT2D eigenvalue weighted by molar-refractivity contribution is 6.07. The molecule has 0 spiro atoms. The van der Waals surface area contributed by atoms with Crippen molar-refractivity contribution >= 4 is 23.6 Å². The van der Waals surface area contributed by atoms with Crippen LogP contribution in [0.25, 0.3) is 6.08 Å². The largest absolute Gasteiger partial charge is 0.467 e. The Kier molecular flexibility index (Phi) is 5.11. The quantitative estimate of drug-likeness (QED) is 0.675.